The fourth-order valence-electron chi connectivity index (χ4n) is 1.64. The van der Waals surface area contributed by atoms with Gasteiger partial charge >= 0.3 is 5.97 Å². The first-order chi connectivity index (χ1) is 4.76. The quantitative estimate of drug-likeness (QED) is 0.572. The summed E-state index contributed by atoms with van der Waals surface area (Å²) in [6, 6.07) is 0. The van der Waals surface area contributed by atoms with Gasteiger partial charge in [-0.1, -0.05) is 6.08 Å². The van der Waals surface area contributed by atoms with E-state index in [1.165, 1.54) is 0 Å². The van der Waals surface area contributed by atoms with Gasteiger partial charge < -0.3 is 10.0 Å². The molecule has 2 rings (SSSR count). The number of aliphatic carboxylic acids is 1. The first-order valence-electron chi connectivity index (χ1n) is 3.42. The zero-order chi connectivity index (χ0) is 7.19. The molecule has 0 aromatic carbocycles. The van der Waals surface area contributed by atoms with E-state index in [-0.39, 0.29) is 0 Å². The van der Waals surface area contributed by atoms with Crippen LogP contribution in [0.2, 0.25) is 0 Å². The zero-order valence-corrected chi connectivity index (χ0v) is 5.58. The van der Waals surface area contributed by atoms with Crippen LogP contribution in [0.15, 0.2) is 12.3 Å². The van der Waals surface area contributed by atoms with Crippen molar-refractivity contribution in [2.24, 2.45) is 0 Å². The molecule has 1 atom stereocenters. The highest BCUT2D eigenvalue weighted by molar-refractivity contribution is 5.81. The van der Waals surface area contributed by atoms with Crippen molar-refractivity contribution in [3.8, 4) is 0 Å². The van der Waals surface area contributed by atoms with Gasteiger partial charge in [0.2, 0.25) is 0 Å². The molecule has 3 heteroatoms. The molecule has 10 heavy (non-hydrogen) atoms. The maximum Gasteiger partial charge on any atom is 0.329 e. The highest BCUT2D eigenvalue weighted by Crippen LogP contribution is 2.38. The van der Waals surface area contributed by atoms with Crippen LogP contribution in [0.5, 0.6) is 0 Å². The van der Waals surface area contributed by atoms with Crippen molar-refractivity contribution >= 4 is 5.97 Å². The van der Waals surface area contributed by atoms with Gasteiger partial charge in [0.25, 0.3) is 0 Å². The smallest absolute Gasteiger partial charge is 0.329 e. The summed E-state index contributed by atoms with van der Waals surface area (Å²) in [5.41, 5.74) is -0.528. The standard InChI is InChI=1S/C7H9NO2/c9-6(10)7-2-1-4-8(7)5-3-7/h1,4H,2-3,5H2,(H,9,10). The van der Waals surface area contributed by atoms with E-state index in [1.54, 1.807) is 0 Å². The molecule has 1 unspecified atom stereocenters. The minimum Gasteiger partial charge on any atom is -0.479 e. The summed E-state index contributed by atoms with van der Waals surface area (Å²) >= 11 is 0. The molecular formula is C7H9NO2. The summed E-state index contributed by atoms with van der Waals surface area (Å²) in [6.07, 6.45) is 5.30. The van der Waals surface area contributed by atoms with Crippen LogP contribution in [-0.4, -0.2) is 28.1 Å². The van der Waals surface area contributed by atoms with Crippen molar-refractivity contribution in [1.29, 1.82) is 0 Å². The van der Waals surface area contributed by atoms with Crippen LogP contribution >= 0.6 is 0 Å². The van der Waals surface area contributed by atoms with Gasteiger partial charge in [-0.25, -0.2) is 4.79 Å². The van der Waals surface area contributed by atoms with Gasteiger partial charge in [0.05, 0.1) is 0 Å². The van der Waals surface area contributed by atoms with Crippen molar-refractivity contribution in [1.82, 2.24) is 4.90 Å². The Bertz CT molecular complexity index is 212. The maximum atomic E-state index is 10.7. The number of hydrogen-bond donors (Lipinski definition) is 1. The number of carbonyl (C=O) groups is 1. The molecule has 0 aromatic heterocycles. The number of rotatable bonds is 1. The number of fused-ring (bicyclic) bond motifs is 1. The molecule has 2 heterocycles. The summed E-state index contributed by atoms with van der Waals surface area (Å²) in [7, 11) is 0. The summed E-state index contributed by atoms with van der Waals surface area (Å²) in [5.74, 6) is -0.677. The van der Waals surface area contributed by atoms with Crippen LogP contribution in [-0.2, 0) is 4.79 Å². The van der Waals surface area contributed by atoms with Crippen molar-refractivity contribution < 1.29 is 9.90 Å². The lowest BCUT2D eigenvalue weighted by molar-refractivity contribution is -0.155. The number of hydrogen-bond acceptors (Lipinski definition) is 2. The Morgan fingerprint density at radius 3 is 2.80 bits per heavy atom. The molecule has 0 aliphatic carbocycles. The van der Waals surface area contributed by atoms with E-state index in [1.807, 2.05) is 17.2 Å². The Morgan fingerprint density at radius 2 is 2.50 bits per heavy atom. The minimum atomic E-state index is -0.677. The highest BCUT2D eigenvalue weighted by Gasteiger charge is 2.51. The summed E-state index contributed by atoms with van der Waals surface area (Å²) in [5, 5.41) is 8.81. The minimum absolute atomic E-state index is 0.528. The molecule has 0 amide bonds. The van der Waals surface area contributed by atoms with E-state index >= 15 is 0 Å². The first kappa shape index (κ1) is 5.77. The normalized spacial score (nSPS) is 35.4. The third-order valence-electron chi connectivity index (χ3n) is 2.46. The summed E-state index contributed by atoms with van der Waals surface area (Å²) in [6.45, 7) is 0.906. The topological polar surface area (TPSA) is 40.5 Å². The van der Waals surface area contributed by atoms with E-state index in [2.05, 4.69) is 0 Å². The van der Waals surface area contributed by atoms with E-state index < -0.39 is 11.5 Å². The second-order valence-corrected chi connectivity index (χ2v) is 2.87. The average molecular weight is 139 g/mol. The van der Waals surface area contributed by atoms with Crippen LogP contribution in [0.25, 0.3) is 0 Å². The fraction of sp³-hybridized carbons (Fsp3) is 0.571. The predicted molar refractivity (Wildman–Crippen MR) is 35.4 cm³/mol. The van der Waals surface area contributed by atoms with Gasteiger partial charge in [-0.3, -0.25) is 0 Å². The molecule has 0 saturated carbocycles. The summed E-state index contributed by atoms with van der Waals surface area (Å²) < 4.78 is 0. The molecule has 0 aromatic rings. The lowest BCUT2D eigenvalue weighted by Gasteiger charge is -2.45. The van der Waals surface area contributed by atoms with Gasteiger partial charge in [-0.2, -0.15) is 0 Å². The van der Waals surface area contributed by atoms with E-state index in [0.29, 0.717) is 6.42 Å². The molecule has 1 saturated heterocycles. The second kappa shape index (κ2) is 1.54. The SMILES string of the molecule is O=C(O)C12CC=CN1CC2. The molecule has 54 valence electrons. The Hall–Kier alpha value is -0.990. The summed E-state index contributed by atoms with van der Waals surface area (Å²) in [4.78, 5) is 12.6. The third-order valence-corrected chi connectivity index (χ3v) is 2.46. The molecule has 3 nitrogen and oxygen atoms in total. The molecule has 0 bridgehead atoms. The van der Waals surface area contributed by atoms with Crippen LogP contribution < -0.4 is 0 Å². The van der Waals surface area contributed by atoms with E-state index in [4.69, 9.17) is 5.11 Å². The molecule has 2 aliphatic heterocycles. The fourth-order valence-corrected chi connectivity index (χ4v) is 1.64. The van der Waals surface area contributed by atoms with Crippen LogP contribution in [0.4, 0.5) is 0 Å². The molecular weight excluding hydrogens is 130 g/mol. The Labute approximate surface area is 58.9 Å². The van der Waals surface area contributed by atoms with Gasteiger partial charge in [-0.15, -0.1) is 0 Å². The largest absolute Gasteiger partial charge is 0.479 e. The second-order valence-electron chi connectivity index (χ2n) is 2.87. The average Bonchev–Trinajstić information content (AvgIpc) is 2.09. The van der Waals surface area contributed by atoms with Crippen LogP contribution in [0.1, 0.15) is 12.8 Å². The van der Waals surface area contributed by atoms with Gasteiger partial charge in [-0.05, 0) is 12.6 Å². The molecule has 1 N–H and O–H groups in total. The predicted octanol–water partition coefficient (Wildman–Crippen LogP) is 0.433. The number of nitrogens with zero attached hydrogens (tertiary/aromatic N) is 1. The molecule has 1 fully saturated rings. The monoisotopic (exact) mass is 139 g/mol. The van der Waals surface area contributed by atoms with Gasteiger partial charge in [0.15, 0.2) is 0 Å². The molecule has 0 radical (unpaired) electrons. The zero-order valence-electron chi connectivity index (χ0n) is 5.58. The van der Waals surface area contributed by atoms with Crippen molar-refractivity contribution in [3.63, 3.8) is 0 Å². The van der Waals surface area contributed by atoms with E-state index in [0.717, 1.165) is 13.0 Å². The van der Waals surface area contributed by atoms with Crippen molar-refractivity contribution in [2.45, 2.75) is 18.4 Å². The number of carboxylic acids is 1. The lowest BCUT2D eigenvalue weighted by Crippen LogP contribution is -2.59. The Kier molecular flexibility index (Phi) is 0.886. The third kappa shape index (κ3) is 0.439. The first-order valence-corrected chi connectivity index (χ1v) is 3.42. The maximum absolute atomic E-state index is 10.7. The molecule has 2 aliphatic rings. The van der Waals surface area contributed by atoms with Gasteiger partial charge in [0.1, 0.15) is 5.54 Å². The van der Waals surface area contributed by atoms with Crippen molar-refractivity contribution in [2.75, 3.05) is 6.54 Å². The van der Waals surface area contributed by atoms with Crippen molar-refractivity contribution in [3.05, 3.63) is 12.3 Å². The Morgan fingerprint density at radius 1 is 1.70 bits per heavy atom. The van der Waals surface area contributed by atoms with Crippen LogP contribution in [0.3, 0.4) is 0 Å². The lowest BCUT2D eigenvalue weighted by atomic mass is 9.85. The van der Waals surface area contributed by atoms with E-state index in [9.17, 15) is 4.79 Å². The van der Waals surface area contributed by atoms with Gasteiger partial charge in [0, 0.05) is 13.0 Å². The number of carboxylic acid groups (broad SMARTS) is 1. The highest BCUT2D eigenvalue weighted by atomic mass is 16.4. The Balaban J connectivity index is 2.25. The van der Waals surface area contributed by atoms with Crippen LogP contribution in [0, 0.1) is 0 Å². The molecule has 0 spiro atoms.